The highest BCUT2D eigenvalue weighted by molar-refractivity contribution is 7.89. The number of piperidine rings is 1. The quantitative estimate of drug-likeness (QED) is 0.926. The average molecular weight is 301 g/mol. The Labute approximate surface area is 117 Å². The van der Waals surface area contributed by atoms with Crippen LogP contribution in [0, 0.1) is 12.7 Å². The van der Waals surface area contributed by atoms with Crippen molar-refractivity contribution >= 4 is 16.0 Å². The predicted octanol–water partition coefficient (Wildman–Crippen LogP) is 2.01. The molecule has 1 heterocycles. The molecule has 0 radical (unpaired) electrons. The molecule has 0 spiro atoms. The van der Waals surface area contributed by atoms with E-state index in [4.69, 9.17) is 5.11 Å². The molecular weight excluding hydrogens is 285 g/mol. The van der Waals surface area contributed by atoms with Gasteiger partial charge in [-0.25, -0.2) is 17.6 Å². The van der Waals surface area contributed by atoms with Crippen molar-refractivity contribution in [2.75, 3.05) is 13.1 Å². The Hall–Kier alpha value is -1.47. The first kappa shape index (κ1) is 14.9. The highest BCUT2D eigenvalue weighted by Gasteiger charge is 2.29. The minimum atomic E-state index is -3.84. The van der Waals surface area contributed by atoms with Gasteiger partial charge in [0, 0.05) is 18.7 Å². The van der Waals surface area contributed by atoms with Crippen molar-refractivity contribution in [1.29, 1.82) is 0 Å². The number of aromatic carboxylic acids is 1. The first-order valence-corrected chi connectivity index (χ1v) is 7.81. The van der Waals surface area contributed by atoms with Gasteiger partial charge in [0.2, 0.25) is 10.0 Å². The first-order valence-electron chi connectivity index (χ1n) is 6.37. The van der Waals surface area contributed by atoms with E-state index in [1.165, 1.54) is 11.2 Å². The fourth-order valence-corrected chi connectivity index (χ4v) is 4.07. The predicted molar refractivity (Wildman–Crippen MR) is 70.7 cm³/mol. The van der Waals surface area contributed by atoms with Crippen LogP contribution in [0.5, 0.6) is 0 Å². The number of carboxylic acids is 1. The van der Waals surface area contributed by atoms with E-state index in [1.807, 2.05) is 0 Å². The van der Waals surface area contributed by atoms with Gasteiger partial charge in [-0.15, -0.1) is 0 Å². The number of nitrogens with zero attached hydrogens (tertiary/aromatic N) is 1. The molecule has 0 aromatic heterocycles. The molecule has 7 heteroatoms. The summed E-state index contributed by atoms with van der Waals surface area (Å²) < 4.78 is 40.0. The number of carboxylic acid groups (broad SMARTS) is 1. The van der Waals surface area contributed by atoms with Crippen molar-refractivity contribution in [3.63, 3.8) is 0 Å². The molecule has 2 rings (SSSR count). The van der Waals surface area contributed by atoms with Gasteiger partial charge in [0.05, 0.1) is 10.5 Å². The maximum absolute atomic E-state index is 13.8. The number of sulfonamides is 1. The van der Waals surface area contributed by atoms with Gasteiger partial charge in [0.15, 0.2) is 0 Å². The van der Waals surface area contributed by atoms with Crippen LogP contribution >= 0.6 is 0 Å². The van der Waals surface area contributed by atoms with Gasteiger partial charge in [-0.3, -0.25) is 0 Å². The molecule has 0 atom stereocenters. The molecule has 20 heavy (non-hydrogen) atoms. The van der Waals surface area contributed by atoms with Gasteiger partial charge in [0.1, 0.15) is 5.82 Å². The fraction of sp³-hybridized carbons (Fsp3) is 0.462. The second-order valence-corrected chi connectivity index (χ2v) is 6.76. The largest absolute Gasteiger partial charge is 0.478 e. The van der Waals surface area contributed by atoms with Gasteiger partial charge in [-0.2, -0.15) is 4.31 Å². The first-order chi connectivity index (χ1) is 9.34. The van der Waals surface area contributed by atoms with Crippen molar-refractivity contribution < 1.29 is 22.7 Å². The summed E-state index contributed by atoms with van der Waals surface area (Å²) in [4.78, 5) is 10.7. The maximum Gasteiger partial charge on any atom is 0.335 e. The molecule has 1 N–H and O–H groups in total. The molecule has 1 aromatic carbocycles. The molecule has 1 aliphatic heterocycles. The van der Waals surface area contributed by atoms with Crippen LogP contribution in [0.25, 0.3) is 0 Å². The van der Waals surface area contributed by atoms with Crippen molar-refractivity contribution in [3.05, 3.63) is 29.1 Å². The van der Waals surface area contributed by atoms with E-state index in [1.54, 1.807) is 0 Å². The third-order valence-corrected chi connectivity index (χ3v) is 5.50. The molecule has 110 valence electrons. The van der Waals surface area contributed by atoms with Crippen LogP contribution in [0.3, 0.4) is 0 Å². The summed E-state index contributed by atoms with van der Waals surface area (Å²) in [5.74, 6) is -2.17. The number of rotatable bonds is 3. The summed E-state index contributed by atoms with van der Waals surface area (Å²) in [6, 6.07) is 1.87. The van der Waals surface area contributed by atoms with Crippen molar-refractivity contribution in [2.45, 2.75) is 31.1 Å². The van der Waals surface area contributed by atoms with Crippen molar-refractivity contribution in [2.24, 2.45) is 0 Å². The third kappa shape index (κ3) is 2.69. The van der Waals surface area contributed by atoms with E-state index in [0.717, 1.165) is 31.4 Å². The minimum absolute atomic E-state index is 0.0411. The molecule has 0 bridgehead atoms. The molecule has 0 saturated carbocycles. The molecule has 1 saturated heterocycles. The molecule has 0 unspecified atom stereocenters. The third-order valence-electron chi connectivity index (χ3n) is 3.48. The van der Waals surface area contributed by atoms with Crippen molar-refractivity contribution in [1.82, 2.24) is 4.31 Å². The Morgan fingerprint density at radius 2 is 1.85 bits per heavy atom. The Kier molecular flexibility index (Phi) is 4.10. The van der Waals surface area contributed by atoms with Gasteiger partial charge in [0.25, 0.3) is 0 Å². The molecule has 0 amide bonds. The number of carbonyl (C=O) groups is 1. The van der Waals surface area contributed by atoms with Gasteiger partial charge in [-0.1, -0.05) is 6.42 Å². The van der Waals surface area contributed by atoms with Crippen molar-refractivity contribution in [3.8, 4) is 0 Å². The van der Waals surface area contributed by atoms with Gasteiger partial charge in [-0.05, 0) is 31.9 Å². The fourth-order valence-electron chi connectivity index (χ4n) is 2.29. The zero-order chi connectivity index (χ0) is 14.9. The van der Waals surface area contributed by atoms with E-state index in [-0.39, 0.29) is 16.0 Å². The van der Waals surface area contributed by atoms with Crippen LogP contribution in [0.1, 0.15) is 35.2 Å². The lowest BCUT2D eigenvalue weighted by molar-refractivity contribution is 0.0696. The Balaban J connectivity index is 2.52. The molecule has 1 aliphatic rings. The van der Waals surface area contributed by atoms with E-state index < -0.39 is 21.8 Å². The molecular formula is C13H16FNO4S. The van der Waals surface area contributed by atoms with Crippen LogP contribution in [0.2, 0.25) is 0 Å². The minimum Gasteiger partial charge on any atom is -0.478 e. The molecule has 1 fully saturated rings. The Morgan fingerprint density at radius 3 is 2.40 bits per heavy atom. The average Bonchev–Trinajstić information content (AvgIpc) is 2.42. The summed E-state index contributed by atoms with van der Waals surface area (Å²) in [5.41, 5.74) is -0.399. The number of hydrogen-bond donors (Lipinski definition) is 1. The van der Waals surface area contributed by atoms with Crippen LogP contribution in [0.4, 0.5) is 4.39 Å². The summed E-state index contributed by atoms with van der Waals surface area (Å²) in [7, 11) is -3.84. The maximum atomic E-state index is 13.8. The summed E-state index contributed by atoms with van der Waals surface area (Å²) in [6.07, 6.45) is 2.49. The highest BCUT2D eigenvalue weighted by atomic mass is 32.2. The normalized spacial score (nSPS) is 17.1. The number of benzene rings is 1. The Bertz CT molecular complexity index is 636. The lowest BCUT2D eigenvalue weighted by Gasteiger charge is -2.26. The second kappa shape index (κ2) is 5.49. The van der Waals surface area contributed by atoms with E-state index in [9.17, 15) is 17.6 Å². The van der Waals surface area contributed by atoms with Crippen LogP contribution in [0.15, 0.2) is 17.0 Å². The SMILES string of the molecule is Cc1c(F)cc(C(=O)O)cc1S(=O)(=O)N1CCCCC1. The van der Waals surface area contributed by atoms with E-state index >= 15 is 0 Å². The smallest absolute Gasteiger partial charge is 0.335 e. The lowest BCUT2D eigenvalue weighted by Crippen LogP contribution is -2.36. The van der Waals surface area contributed by atoms with Crippen LogP contribution in [-0.2, 0) is 10.0 Å². The molecule has 1 aromatic rings. The van der Waals surface area contributed by atoms with Crippen LogP contribution < -0.4 is 0 Å². The number of halogens is 1. The van der Waals surface area contributed by atoms with E-state index in [0.29, 0.717) is 13.1 Å². The topological polar surface area (TPSA) is 74.7 Å². The zero-order valence-electron chi connectivity index (χ0n) is 11.1. The Morgan fingerprint density at radius 1 is 1.25 bits per heavy atom. The summed E-state index contributed by atoms with van der Waals surface area (Å²) in [6.45, 7) is 2.12. The number of hydrogen-bond acceptors (Lipinski definition) is 3. The van der Waals surface area contributed by atoms with E-state index in [2.05, 4.69) is 0 Å². The molecule has 0 aliphatic carbocycles. The second-order valence-electron chi connectivity index (χ2n) is 4.85. The van der Waals surface area contributed by atoms with Gasteiger partial charge < -0.3 is 5.11 Å². The molecule has 5 nitrogen and oxygen atoms in total. The van der Waals surface area contributed by atoms with Gasteiger partial charge >= 0.3 is 5.97 Å². The zero-order valence-corrected chi connectivity index (χ0v) is 11.9. The van der Waals surface area contributed by atoms with Crippen LogP contribution in [-0.4, -0.2) is 36.9 Å². The monoisotopic (exact) mass is 301 g/mol. The lowest BCUT2D eigenvalue weighted by atomic mass is 10.1. The summed E-state index contributed by atoms with van der Waals surface area (Å²) >= 11 is 0. The highest BCUT2D eigenvalue weighted by Crippen LogP contribution is 2.26. The standard InChI is InChI=1S/C13H16FNO4S/c1-9-11(14)7-10(13(16)17)8-12(9)20(18,19)15-5-3-2-4-6-15/h7-8H,2-6H2,1H3,(H,16,17). The summed E-state index contributed by atoms with van der Waals surface area (Å²) in [5, 5.41) is 8.93.